The number of hydrogen-bond donors (Lipinski definition) is 0. The lowest BCUT2D eigenvalue weighted by Gasteiger charge is -2.17. The summed E-state index contributed by atoms with van der Waals surface area (Å²) in [7, 11) is 1.28. The van der Waals surface area contributed by atoms with Crippen LogP contribution < -0.4 is 4.90 Å². The highest BCUT2D eigenvalue weighted by molar-refractivity contribution is 8.27. The van der Waals surface area contributed by atoms with E-state index >= 15 is 0 Å². The molecule has 0 bridgehead atoms. The molecule has 0 N–H and O–H groups in total. The minimum absolute atomic E-state index is 0.240. The summed E-state index contributed by atoms with van der Waals surface area (Å²) in [6.45, 7) is 2.04. The second kappa shape index (κ2) is 10.1. The molecule has 2 heterocycles. The SMILES string of the molecule is CCOC(=O)c1cccc(-c2ccc(/C=C3\SC(=S)N(c4ccccc4C(=O)OC)C3=O)o2)c1. The third-order valence-corrected chi connectivity index (χ3v) is 6.20. The zero-order chi connectivity index (χ0) is 24.2. The topological polar surface area (TPSA) is 86.0 Å². The third-order valence-electron chi connectivity index (χ3n) is 4.90. The van der Waals surface area contributed by atoms with E-state index < -0.39 is 11.9 Å². The van der Waals surface area contributed by atoms with Gasteiger partial charge in [-0.2, -0.15) is 0 Å². The van der Waals surface area contributed by atoms with E-state index in [-0.39, 0.29) is 18.1 Å². The number of benzene rings is 2. The van der Waals surface area contributed by atoms with E-state index in [1.807, 2.05) is 6.07 Å². The van der Waals surface area contributed by atoms with Crippen molar-refractivity contribution in [3.05, 3.63) is 82.5 Å². The highest BCUT2D eigenvalue weighted by atomic mass is 32.2. The van der Waals surface area contributed by atoms with Gasteiger partial charge in [0.05, 0.1) is 35.4 Å². The molecule has 0 atom stereocenters. The van der Waals surface area contributed by atoms with E-state index in [0.29, 0.717) is 37.6 Å². The molecule has 1 saturated heterocycles. The van der Waals surface area contributed by atoms with Crippen molar-refractivity contribution in [1.29, 1.82) is 0 Å². The normalized spacial score (nSPS) is 14.5. The molecule has 1 aliphatic rings. The van der Waals surface area contributed by atoms with Gasteiger partial charge in [0, 0.05) is 11.6 Å². The van der Waals surface area contributed by atoms with Crippen LogP contribution in [-0.4, -0.2) is 35.9 Å². The minimum Gasteiger partial charge on any atom is -0.465 e. The molecule has 2 aromatic carbocycles. The molecule has 0 aliphatic carbocycles. The number of amides is 1. The highest BCUT2D eigenvalue weighted by Crippen LogP contribution is 2.38. The van der Waals surface area contributed by atoms with Gasteiger partial charge in [-0.15, -0.1) is 0 Å². The predicted molar refractivity (Wildman–Crippen MR) is 134 cm³/mol. The van der Waals surface area contributed by atoms with Gasteiger partial charge in [-0.05, 0) is 43.3 Å². The number of esters is 2. The second-order valence-corrected chi connectivity index (χ2v) is 8.70. The third kappa shape index (κ3) is 4.66. The number of hydrogen-bond acceptors (Lipinski definition) is 8. The van der Waals surface area contributed by atoms with Gasteiger partial charge in [0.1, 0.15) is 11.5 Å². The van der Waals surface area contributed by atoms with Gasteiger partial charge in [-0.1, -0.05) is 48.2 Å². The second-order valence-electron chi connectivity index (χ2n) is 7.03. The fraction of sp³-hybridized carbons (Fsp3) is 0.120. The fourth-order valence-corrected chi connectivity index (χ4v) is 4.62. The number of methoxy groups -OCH3 is 1. The Hall–Kier alpha value is -3.69. The number of nitrogens with zero attached hydrogens (tertiary/aromatic N) is 1. The van der Waals surface area contributed by atoms with Crippen molar-refractivity contribution in [2.45, 2.75) is 6.92 Å². The van der Waals surface area contributed by atoms with Crippen LogP contribution in [-0.2, 0) is 14.3 Å². The maximum Gasteiger partial charge on any atom is 0.339 e. The Bertz CT molecular complexity index is 1330. The number of thioether (sulfide) groups is 1. The quantitative estimate of drug-likeness (QED) is 0.259. The number of furan rings is 1. The molecule has 0 saturated carbocycles. The maximum absolute atomic E-state index is 13.1. The van der Waals surface area contributed by atoms with Crippen LogP contribution in [0.15, 0.2) is 70.0 Å². The van der Waals surface area contributed by atoms with Gasteiger partial charge in [-0.3, -0.25) is 9.69 Å². The molecule has 1 aliphatic heterocycles. The highest BCUT2D eigenvalue weighted by Gasteiger charge is 2.35. The van der Waals surface area contributed by atoms with Crippen molar-refractivity contribution in [1.82, 2.24) is 0 Å². The summed E-state index contributed by atoms with van der Waals surface area (Å²) in [6.07, 6.45) is 1.60. The van der Waals surface area contributed by atoms with Crippen LogP contribution in [0.4, 0.5) is 5.69 Å². The average molecular weight is 494 g/mol. The van der Waals surface area contributed by atoms with Crippen molar-refractivity contribution >= 4 is 57.9 Å². The van der Waals surface area contributed by atoms with Crippen molar-refractivity contribution in [2.75, 3.05) is 18.6 Å². The maximum atomic E-state index is 13.1. The van der Waals surface area contributed by atoms with E-state index in [1.54, 1.807) is 67.6 Å². The molecule has 1 amide bonds. The molecular formula is C25H19NO6S2. The lowest BCUT2D eigenvalue weighted by molar-refractivity contribution is -0.113. The molecule has 172 valence electrons. The summed E-state index contributed by atoms with van der Waals surface area (Å²) in [5.74, 6) is -0.364. The Morgan fingerprint density at radius 3 is 2.65 bits per heavy atom. The van der Waals surface area contributed by atoms with E-state index in [1.165, 1.54) is 12.0 Å². The summed E-state index contributed by atoms with van der Waals surface area (Å²) in [5.41, 5.74) is 1.72. The Balaban J connectivity index is 1.60. The Morgan fingerprint density at radius 2 is 1.88 bits per heavy atom. The van der Waals surface area contributed by atoms with E-state index in [0.717, 1.165) is 11.8 Å². The van der Waals surface area contributed by atoms with Crippen LogP contribution in [0.25, 0.3) is 17.4 Å². The van der Waals surface area contributed by atoms with Gasteiger partial charge in [0.2, 0.25) is 0 Å². The zero-order valence-electron chi connectivity index (χ0n) is 18.3. The monoisotopic (exact) mass is 493 g/mol. The van der Waals surface area contributed by atoms with Crippen LogP contribution in [0.1, 0.15) is 33.4 Å². The first kappa shape index (κ1) is 23.5. The number of rotatable bonds is 6. The van der Waals surface area contributed by atoms with Crippen LogP contribution in [0, 0.1) is 0 Å². The zero-order valence-corrected chi connectivity index (χ0v) is 19.9. The van der Waals surface area contributed by atoms with Gasteiger partial charge < -0.3 is 13.9 Å². The lowest BCUT2D eigenvalue weighted by atomic mass is 10.1. The van der Waals surface area contributed by atoms with Crippen molar-refractivity contribution in [3.63, 3.8) is 0 Å². The lowest BCUT2D eigenvalue weighted by Crippen LogP contribution is -2.29. The number of carbonyl (C=O) groups excluding carboxylic acids is 3. The van der Waals surface area contributed by atoms with Gasteiger partial charge >= 0.3 is 11.9 Å². The van der Waals surface area contributed by atoms with Crippen LogP contribution in [0.2, 0.25) is 0 Å². The number of thiocarbonyl (C=S) groups is 1. The molecule has 1 aromatic heterocycles. The van der Waals surface area contributed by atoms with Crippen LogP contribution in [0.5, 0.6) is 0 Å². The molecule has 3 aromatic rings. The first-order valence-electron chi connectivity index (χ1n) is 10.3. The number of carbonyl (C=O) groups is 3. The first-order valence-corrected chi connectivity index (χ1v) is 11.5. The summed E-state index contributed by atoms with van der Waals surface area (Å²) in [4.78, 5) is 39.0. The smallest absolute Gasteiger partial charge is 0.339 e. The molecule has 9 heteroatoms. The number of ether oxygens (including phenoxy) is 2. The summed E-state index contributed by atoms with van der Waals surface area (Å²) >= 11 is 6.53. The largest absolute Gasteiger partial charge is 0.465 e. The molecular weight excluding hydrogens is 474 g/mol. The Kier molecular flexibility index (Phi) is 6.95. The summed E-state index contributed by atoms with van der Waals surface area (Å²) in [5, 5.41) is 0. The fourth-order valence-electron chi connectivity index (χ4n) is 3.36. The average Bonchev–Trinajstić information content (AvgIpc) is 3.43. The molecule has 0 radical (unpaired) electrons. The van der Waals surface area contributed by atoms with E-state index in [2.05, 4.69) is 0 Å². The minimum atomic E-state index is -0.561. The van der Waals surface area contributed by atoms with Gasteiger partial charge in [-0.25, -0.2) is 9.59 Å². The molecule has 4 rings (SSSR count). The molecule has 0 spiro atoms. The predicted octanol–water partition coefficient (Wildman–Crippen LogP) is 5.32. The van der Waals surface area contributed by atoms with Gasteiger partial charge in [0.25, 0.3) is 5.91 Å². The van der Waals surface area contributed by atoms with Crippen molar-refractivity contribution in [3.8, 4) is 11.3 Å². The van der Waals surface area contributed by atoms with Crippen LogP contribution >= 0.6 is 24.0 Å². The standard InChI is InChI=1S/C25H19NO6S2/c1-3-31-23(28)16-8-6-7-15(13-16)20-12-11-17(32-20)14-21-22(27)26(25(33)34-21)19-10-5-4-9-18(19)24(29)30-2/h4-14H,3H2,1-2H3/b21-14-. The molecule has 1 fully saturated rings. The number of anilines is 1. The molecule has 34 heavy (non-hydrogen) atoms. The Morgan fingerprint density at radius 1 is 1.09 bits per heavy atom. The van der Waals surface area contributed by atoms with Crippen molar-refractivity contribution < 1.29 is 28.3 Å². The van der Waals surface area contributed by atoms with E-state index in [4.69, 9.17) is 26.1 Å². The number of para-hydroxylation sites is 1. The molecule has 0 unspecified atom stereocenters. The van der Waals surface area contributed by atoms with E-state index in [9.17, 15) is 14.4 Å². The molecule has 7 nitrogen and oxygen atoms in total. The first-order chi connectivity index (χ1) is 16.4. The van der Waals surface area contributed by atoms with Crippen LogP contribution in [0.3, 0.4) is 0 Å². The Labute approximate surface area is 205 Å². The van der Waals surface area contributed by atoms with Gasteiger partial charge in [0.15, 0.2) is 4.32 Å². The summed E-state index contributed by atoms with van der Waals surface area (Å²) < 4.78 is 16.1. The summed E-state index contributed by atoms with van der Waals surface area (Å²) in [6, 6.07) is 17.0. The van der Waals surface area contributed by atoms with Crippen molar-refractivity contribution in [2.24, 2.45) is 0 Å².